The van der Waals surface area contributed by atoms with Crippen molar-refractivity contribution in [2.24, 2.45) is 0 Å². The van der Waals surface area contributed by atoms with Crippen LogP contribution in [-0.4, -0.2) is 19.5 Å². The molecule has 0 atom stereocenters. The van der Waals surface area contributed by atoms with E-state index >= 15 is 0 Å². The molecule has 2 rings (SSSR count). The maximum absolute atomic E-state index is 12.1. The Bertz CT molecular complexity index is 722. The van der Waals surface area contributed by atoms with E-state index in [0.717, 1.165) is 12.1 Å². The van der Waals surface area contributed by atoms with Crippen molar-refractivity contribution in [2.45, 2.75) is 11.4 Å². The lowest BCUT2D eigenvalue weighted by atomic mass is 10.2. The van der Waals surface area contributed by atoms with E-state index in [0.29, 0.717) is 5.56 Å². The van der Waals surface area contributed by atoms with Crippen LogP contribution in [-0.2, 0) is 16.6 Å². The maximum atomic E-state index is 12.1. The fourth-order valence-electron chi connectivity index (χ4n) is 1.60. The van der Waals surface area contributed by atoms with Crippen molar-refractivity contribution in [3.05, 3.63) is 47.9 Å². The molecule has 0 aliphatic carbocycles. The molecule has 1 aromatic heterocycles. The third-order valence-electron chi connectivity index (χ3n) is 2.57. The zero-order valence-corrected chi connectivity index (χ0v) is 11.1. The highest BCUT2D eigenvalue weighted by molar-refractivity contribution is 7.89. The summed E-state index contributed by atoms with van der Waals surface area (Å²) in [5, 5.41) is 9.04. The molecule has 20 heavy (non-hydrogen) atoms. The number of nitrogens with two attached hydrogens (primary N) is 1. The summed E-state index contributed by atoms with van der Waals surface area (Å²) in [5.74, 6) is -1.36. The molecule has 0 amide bonds. The van der Waals surface area contributed by atoms with Crippen molar-refractivity contribution >= 4 is 21.7 Å². The van der Waals surface area contributed by atoms with E-state index in [1.54, 1.807) is 6.07 Å². The number of sulfonamides is 1. The molecule has 106 valence electrons. The molecule has 0 spiro atoms. The Hall–Kier alpha value is -2.32. The lowest BCUT2D eigenvalue weighted by Gasteiger charge is -2.09. The lowest BCUT2D eigenvalue weighted by Crippen LogP contribution is -2.25. The Balaban J connectivity index is 2.31. The van der Waals surface area contributed by atoms with Crippen molar-refractivity contribution in [3.63, 3.8) is 0 Å². The van der Waals surface area contributed by atoms with E-state index in [4.69, 9.17) is 15.3 Å². The first-order valence-electron chi connectivity index (χ1n) is 5.54. The summed E-state index contributed by atoms with van der Waals surface area (Å²) < 4.78 is 31.4. The molecule has 1 aromatic carbocycles. The highest BCUT2D eigenvalue weighted by Gasteiger charge is 2.22. The van der Waals surface area contributed by atoms with Crippen molar-refractivity contribution in [1.82, 2.24) is 4.72 Å². The number of furan rings is 1. The summed E-state index contributed by atoms with van der Waals surface area (Å²) in [6, 6.07) is 5.20. The highest BCUT2D eigenvalue weighted by Crippen LogP contribution is 2.19. The van der Waals surface area contributed by atoms with Gasteiger partial charge in [0.15, 0.2) is 0 Å². The Morgan fingerprint density at radius 1 is 1.35 bits per heavy atom. The van der Waals surface area contributed by atoms with Crippen LogP contribution < -0.4 is 10.5 Å². The van der Waals surface area contributed by atoms with E-state index in [1.165, 1.54) is 18.6 Å². The smallest absolute Gasteiger partial charge is 0.337 e. The molecule has 4 N–H and O–H groups in total. The summed E-state index contributed by atoms with van der Waals surface area (Å²) in [6.45, 7) is 0.00225. The SMILES string of the molecule is Nc1ccc(S(=O)(=O)NCc2ccoc2)c(C(=O)O)c1. The third kappa shape index (κ3) is 2.98. The predicted octanol–water partition coefficient (Wildman–Crippen LogP) is 1.04. The second kappa shape index (κ2) is 5.35. The molecule has 2 aromatic rings. The average molecular weight is 296 g/mol. The van der Waals surface area contributed by atoms with Crippen LogP contribution in [0.3, 0.4) is 0 Å². The Morgan fingerprint density at radius 2 is 2.10 bits per heavy atom. The number of carboxylic acids is 1. The standard InChI is InChI=1S/C12H12N2O5S/c13-9-1-2-11(10(5-9)12(15)16)20(17,18)14-6-8-3-4-19-7-8/h1-5,7,14H,6,13H2,(H,15,16). The first-order chi connectivity index (χ1) is 9.40. The van der Waals surface area contributed by atoms with E-state index in [-0.39, 0.29) is 22.7 Å². The van der Waals surface area contributed by atoms with Crippen molar-refractivity contribution in [3.8, 4) is 0 Å². The second-order valence-corrected chi connectivity index (χ2v) is 5.75. The van der Waals surface area contributed by atoms with Crippen LogP contribution in [0.25, 0.3) is 0 Å². The van der Waals surface area contributed by atoms with Crippen LogP contribution in [0.15, 0.2) is 46.1 Å². The topological polar surface area (TPSA) is 123 Å². The molecule has 7 nitrogen and oxygen atoms in total. The maximum Gasteiger partial charge on any atom is 0.337 e. The van der Waals surface area contributed by atoms with E-state index < -0.39 is 16.0 Å². The van der Waals surface area contributed by atoms with Gasteiger partial charge in [-0.2, -0.15) is 0 Å². The van der Waals surface area contributed by atoms with Crippen LogP contribution >= 0.6 is 0 Å². The number of hydrogen-bond acceptors (Lipinski definition) is 5. The van der Waals surface area contributed by atoms with Crippen molar-refractivity contribution in [1.29, 1.82) is 0 Å². The van der Waals surface area contributed by atoms with Gasteiger partial charge in [-0.05, 0) is 24.3 Å². The molecule has 0 unspecified atom stereocenters. The van der Waals surface area contributed by atoms with E-state index in [9.17, 15) is 13.2 Å². The fraction of sp³-hybridized carbons (Fsp3) is 0.0833. The largest absolute Gasteiger partial charge is 0.478 e. The summed E-state index contributed by atoms with van der Waals surface area (Å²) in [7, 11) is -3.96. The van der Waals surface area contributed by atoms with Crippen LogP contribution in [0.4, 0.5) is 5.69 Å². The summed E-state index contributed by atoms with van der Waals surface area (Å²) in [6.07, 6.45) is 2.80. The number of benzene rings is 1. The lowest BCUT2D eigenvalue weighted by molar-refractivity contribution is 0.0692. The fourth-order valence-corrected chi connectivity index (χ4v) is 2.79. The minimum absolute atomic E-state index is 0.00225. The number of carbonyl (C=O) groups is 1. The third-order valence-corrected chi connectivity index (χ3v) is 4.03. The van der Waals surface area contributed by atoms with Gasteiger partial charge in [-0.15, -0.1) is 0 Å². The number of aromatic carboxylic acids is 1. The Labute approximate surface area is 115 Å². The van der Waals surface area contributed by atoms with Gasteiger partial charge in [0.1, 0.15) is 0 Å². The minimum Gasteiger partial charge on any atom is -0.478 e. The van der Waals surface area contributed by atoms with Gasteiger partial charge in [0.2, 0.25) is 10.0 Å². The van der Waals surface area contributed by atoms with Gasteiger partial charge >= 0.3 is 5.97 Å². The van der Waals surface area contributed by atoms with Gasteiger partial charge in [0.05, 0.1) is 23.0 Å². The molecule has 8 heteroatoms. The number of hydrogen-bond donors (Lipinski definition) is 3. The molecule has 0 saturated heterocycles. The van der Waals surface area contributed by atoms with Crippen LogP contribution in [0.5, 0.6) is 0 Å². The van der Waals surface area contributed by atoms with Gasteiger partial charge in [0, 0.05) is 17.8 Å². The van der Waals surface area contributed by atoms with Gasteiger partial charge in [-0.25, -0.2) is 17.9 Å². The Morgan fingerprint density at radius 3 is 2.70 bits per heavy atom. The number of nitrogen functional groups attached to an aromatic ring is 1. The van der Waals surface area contributed by atoms with Gasteiger partial charge < -0.3 is 15.3 Å². The number of carboxylic acid groups (broad SMARTS) is 1. The molecule has 0 radical (unpaired) electrons. The number of rotatable bonds is 5. The number of anilines is 1. The molecule has 0 aliphatic heterocycles. The van der Waals surface area contributed by atoms with Crippen LogP contribution in [0.2, 0.25) is 0 Å². The van der Waals surface area contributed by atoms with Crippen molar-refractivity contribution < 1.29 is 22.7 Å². The zero-order chi connectivity index (χ0) is 14.8. The van der Waals surface area contributed by atoms with Crippen LogP contribution in [0, 0.1) is 0 Å². The summed E-state index contributed by atoms with van der Waals surface area (Å²) >= 11 is 0. The quantitative estimate of drug-likeness (QED) is 0.708. The second-order valence-electron chi connectivity index (χ2n) is 4.02. The molecular weight excluding hydrogens is 284 g/mol. The molecule has 1 heterocycles. The number of nitrogens with one attached hydrogen (secondary N) is 1. The molecule has 0 bridgehead atoms. The zero-order valence-electron chi connectivity index (χ0n) is 10.2. The van der Waals surface area contributed by atoms with Crippen LogP contribution in [0.1, 0.15) is 15.9 Å². The van der Waals surface area contributed by atoms with E-state index in [1.807, 2.05) is 0 Å². The van der Waals surface area contributed by atoms with Gasteiger partial charge in [0.25, 0.3) is 0 Å². The molecule has 0 aliphatic rings. The summed E-state index contributed by atoms with van der Waals surface area (Å²) in [5.41, 5.74) is 5.90. The Kier molecular flexibility index (Phi) is 3.77. The summed E-state index contributed by atoms with van der Waals surface area (Å²) in [4.78, 5) is 10.8. The highest BCUT2D eigenvalue weighted by atomic mass is 32.2. The minimum atomic E-state index is -3.96. The first kappa shape index (κ1) is 14.1. The molecule has 0 saturated carbocycles. The molecular formula is C12H12N2O5S. The first-order valence-corrected chi connectivity index (χ1v) is 7.02. The van der Waals surface area contributed by atoms with Crippen molar-refractivity contribution in [2.75, 3.05) is 5.73 Å². The normalized spacial score (nSPS) is 11.4. The van der Waals surface area contributed by atoms with Gasteiger partial charge in [-0.1, -0.05) is 0 Å². The predicted molar refractivity (Wildman–Crippen MR) is 70.5 cm³/mol. The van der Waals surface area contributed by atoms with Gasteiger partial charge in [-0.3, -0.25) is 0 Å². The monoisotopic (exact) mass is 296 g/mol. The average Bonchev–Trinajstić information content (AvgIpc) is 2.89. The molecule has 0 fully saturated rings. The van der Waals surface area contributed by atoms with E-state index in [2.05, 4.69) is 4.72 Å².